The van der Waals surface area contributed by atoms with Gasteiger partial charge in [-0.1, -0.05) is 166 Å². The van der Waals surface area contributed by atoms with E-state index in [4.69, 9.17) is 0 Å². The Labute approximate surface area is 309 Å². The molecule has 0 bridgehead atoms. The van der Waals surface area contributed by atoms with Crippen molar-refractivity contribution in [2.24, 2.45) is 0 Å². The molecule has 0 heteroatoms. The quantitative estimate of drug-likeness (QED) is 0.164. The van der Waals surface area contributed by atoms with Gasteiger partial charge in [-0.3, -0.25) is 0 Å². The van der Waals surface area contributed by atoms with Gasteiger partial charge in [0.1, 0.15) is 0 Å². The molecule has 0 unspecified atom stereocenters. The SMILES string of the molecule is CC1(C)c2cc(-c3cc(-c4c5ccccc5c(-c5cccc6ccccc56)c5ccccc45)c4ccccc4c3)ccc2-c2cc3ccccc3cc21. The van der Waals surface area contributed by atoms with Gasteiger partial charge in [-0.05, 0) is 140 Å². The minimum Gasteiger partial charge on any atom is -0.0616 e. The lowest BCUT2D eigenvalue weighted by molar-refractivity contribution is 0.661. The van der Waals surface area contributed by atoms with E-state index in [1.807, 2.05) is 0 Å². The Morgan fingerprint density at radius 2 is 0.774 bits per heavy atom. The van der Waals surface area contributed by atoms with Crippen LogP contribution in [0.4, 0.5) is 0 Å². The highest BCUT2D eigenvalue weighted by Crippen LogP contribution is 2.52. The van der Waals surface area contributed by atoms with Crippen LogP contribution >= 0.6 is 0 Å². The zero-order valence-electron chi connectivity index (χ0n) is 29.8. The topological polar surface area (TPSA) is 0 Å². The van der Waals surface area contributed by atoms with Crippen LogP contribution in [0.2, 0.25) is 0 Å². The van der Waals surface area contributed by atoms with Crippen molar-refractivity contribution < 1.29 is 0 Å². The fraction of sp³-hybridized carbons (Fsp3) is 0.0566. The molecule has 248 valence electrons. The highest BCUT2D eigenvalue weighted by Gasteiger charge is 2.36. The average molecular weight is 673 g/mol. The van der Waals surface area contributed by atoms with Crippen LogP contribution < -0.4 is 0 Å². The molecule has 1 aliphatic rings. The maximum absolute atomic E-state index is 2.47. The molecule has 0 heterocycles. The minimum atomic E-state index is -0.103. The summed E-state index contributed by atoms with van der Waals surface area (Å²) in [5, 5.41) is 12.7. The maximum atomic E-state index is 2.47. The van der Waals surface area contributed by atoms with Crippen LogP contribution in [0.1, 0.15) is 25.0 Å². The van der Waals surface area contributed by atoms with E-state index < -0.39 is 0 Å². The molecule has 0 atom stereocenters. The number of rotatable bonds is 3. The van der Waals surface area contributed by atoms with E-state index in [0.717, 1.165) is 0 Å². The van der Waals surface area contributed by atoms with Gasteiger partial charge in [-0.2, -0.15) is 0 Å². The molecule has 0 N–H and O–H groups in total. The van der Waals surface area contributed by atoms with Crippen molar-refractivity contribution in [1.82, 2.24) is 0 Å². The van der Waals surface area contributed by atoms with Crippen LogP contribution in [0.3, 0.4) is 0 Å². The first kappa shape index (κ1) is 30.2. The van der Waals surface area contributed by atoms with Gasteiger partial charge in [0, 0.05) is 5.41 Å². The van der Waals surface area contributed by atoms with Gasteiger partial charge in [0.15, 0.2) is 0 Å². The molecule has 10 aromatic rings. The molecule has 0 amide bonds. The normalized spacial score (nSPS) is 13.2. The van der Waals surface area contributed by atoms with Crippen molar-refractivity contribution in [2.45, 2.75) is 19.3 Å². The minimum absolute atomic E-state index is 0.103. The van der Waals surface area contributed by atoms with E-state index in [0.29, 0.717) is 0 Å². The number of hydrogen-bond acceptors (Lipinski definition) is 0. The highest BCUT2D eigenvalue weighted by atomic mass is 14.4. The summed E-state index contributed by atoms with van der Waals surface area (Å²) in [4.78, 5) is 0. The summed E-state index contributed by atoms with van der Waals surface area (Å²) in [6, 6.07) is 68.0. The lowest BCUT2D eigenvalue weighted by Gasteiger charge is -2.23. The van der Waals surface area contributed by atoms with Gasteiger partial charge >= 0.3 is 0 Å². The van der Waals surface area contributed by atoms with Gasteiger partial charge in [-0.15, -0.1) is 0 Å². The van der Waals surface area contributed by atoms with Crippen LogP contribution in [-0.2, 0) is 5.41 Å². The van der Waals surface area contributed by atoms with Crippen LogP contribution in [0.5, 0.6) is 0 Å². The zero-order chi connectivity index (χ0) is 35.3. The Bertz CT molecular complexity index is 3080. The Balaban J connectivity index is 1.17. The van der Waals surface area contributed by atoms with Crippen LogP contribution in [-0.4, -0.2) is 0 Å². The lowest BCUT2D eigenvalue weighted by Crippen LogP contribution is -2.15. The number of hydrogen-bond donors (Lipinski definition) is 0. The largest absolute Gasteiger partial charge is 0.0616 e. The van der Waals surface area contributed by atoms with E-state index in [-0.39, 0.29) is 5.41 Å². The molecule has 0 fully saturated rings. The molecular weight excluding hydrogens is 637 g/mol. The third kappa shape index (κ3) is 4.42. The molecule has 1 aliphatic carbocycles. The van der Waals surface area contributed by atoms with Crippen molar-refractivity contribution in [1.29, 1.82) is 0 Å². The summed E-state index contributed by atoms with van der Waals surface area (Å²) >= 11 is 0. The summed E-state index contributed by atoms with van der Waals surface area (Å²) < 4.78 is 0. The Morgan fingerprint density at radius 3 is 1.43 bits per heavy atom. The second-order valence-electron chi connectivity index (χ2n) is 15.2. The molecule has 11 rings (SSSR count). The molecule has 0 saturated carbocycles. The van der Waals surface area contributed by atoms with Gasteiger partial charge in [0.25, 0.3) is 0 Å². The Hall–Kier alpha value is -6.50. The standard InChI is InChI=1S/C53H36/c1-53(2)49-32-36(26-27-41(49)47-29-34-15-3-4-16-35(34)31-50(47)53)38-28-37-17-6-8-20-40(37)48(30-38)52-45-23-11-9-21-43(45)51(44-22-10-12-24-46(44)52)42-25-13-18-33-14-5-7-19-39(33)42/h3-32H,1-2H3. The molecule has 0 nitrogen and oxygen atoms in total. The third-order valence-electron chi connectivity index (χ3n) is 12.0. The van der Waals surface area contributed by atoms with Gasteiger partial charge < -0.3 is 0 Å². The van der Waals surface area contributed by atoms with Crippen molar-refractivity contribution >= 4 is 53.9 Å². The first-order valence-electron chi connectivity index (χ1n) is 18.7. The molecule has 53 heavy (non-hydrogen) atoms. The third-order valence-corrected chi connectivity index (χ3v) is 12.0. The monoisotopic (exact) mass is 672 g/mol. The van der Waals surface area contributed by atoms with E-state index in [1.54, 1.807) is 0 Å². The molecule has 0 radical (unpaired) electrons. The smallest absolute Gasteiger partial charge is 0.0159 e. The van der Waals surface area contributed by atoms with E-state index >= 15 is 0 Å². The second-order valence-corrected chi connectivity index (χ2v) is 15.2. The van der Waals surface area contributed by atoms with E-state index in [1.165, 1.54) is 109 Å². The van der Waals surface area contributed by atoms with Gasteiger partial charge in [0.05, 0.1) is 0 Å². The average Bonchev–Trinajstić information content (AvgIpc) is 3.43. The number of benzene rings is 10. The Morgan fingerprint density at radius 1 is 0.283 bits per heavy atom. The number of fused-ring (bicyclic) bond motifs is 8. The first-order valence-corrected chi connectivity index (χ1v) is 18.7. The maximum Gasteiger partial charge on any atom is 0.0159 e. The summed E-state index contributed by atoms with van der Waals surface area (Å²) in [6.07, 6.45) is 0. The molecule has 0 spiro atoms. The van der Waals surface area contributed by atoms with Crippen LogP contribution in [0.25, 0.3) is 98.4 Å². The van der Waals surface area contributed by atoms with Crippen molar-refractivity contribution in [3.8, 4) is 44.5 Å². The summed E-state index contributed by atoms with van der Waals surface area (Å²) in [7, 11) is 0. The molecule has 10 aromatic carbocycles. The summed E-state index contributed by atoms with van der Waals surface area (Å²) in [5.74, 6) is 0. The predicted molar refractivity (Wildman–Crippen MR) is 228 cm³/mol. The molecular formula is C53H36. The van der Waals surface area contributed by atoms with Crippen LogP contribution in [0, 0.1) is 0 Å². The second kappa shape index (κ2) is 11.2. The first-order chi connectivity index (χ1) is 26.0. The summed E-state index contributed by atoms with van der Waals surface area (Å²) in [6.45, 7) is 4.77. The van der Waals surface area contributed by atoms with Crippen LogP contribution in [0.15, 0.2) is 182 Å². The lowest BCUT2D eigenvalue weighted by atomic mass is 9.80. The highest BCUT2D eigenvalue weighted by molar-refractivity contribution is 6.25. The van der Waals surface area contributed by atoms with E-state index in [9.17, 15) is 0 Å². The fourth-order valence-electron chi connectivity index (χ4n) is 9.44. The fourth-order valence-corrected chi connectivity index (χ4v) is 9.44. The zero-order valence-corrected chi connectivity index (χ0v) is 29.8. The van der Waals surface area contributed by atoms with Crippen molar-refractivity contribution in [2.75, 3.05) is 0 Å². The molecule has 0 aromatic heterocycles. The summed E-state index contributed by atoms with van der Waals surface area (Å²) in [5.41, 5.74) is 13.0. The molecule has 0 aliphatic heterocycles. The van der Waals surface area contributed by atoms with Crippen molar-refractivity contribution in [3.63, 3.8) is 0 Å². The Kier molecular flexibility index (Phi) is 6.40. The van der Waals surface area contributed by atoms with Crippen molar-refractivity contribution in [3.05, 3.63) is 193 Å². The van der Waals surface area contributed by atoms with E-state index in [2.05, 4.69) is 196 Å². The van der Waals surface area contributed by atoms with Gasteiger partial charge in [-0.25, -0.2) is 0 Å². The van der Waals surface area contributed by atoms with Gasteiger partial charge in [0.2, 0.25) is 0 Å². The predicted octanol–water partition coefficient (Wildman–Crippen LogP) is 14.8. The molecule has 0 saturated heterocycles.